The molecule has 1 aliphatic carbocycles. The Morgan fingerprint density at radius 3 is 1.64 bits per heavy atom. The van der Waals surface area contributed by atoms with Gasteiger partial charge in [0.1, 0.15) is 0 Å². The van der Waals surface area contributed by atoms with E-state index in [1.165, 1.54) is 5.57 Å². The Bertz CT molecular complexity index is 197. The Labute approximate surface area is 85.6 Å². The third-order valence-corrected chi connectivity index (χ3v) is 4.63. The molecule has 0 fully saturated rings. The van der Waals surface area contributed by atoms with Crippen molar-refractivity contribution < 1.29 is 24.7 Å². The Kier molecular flexibility index (Phi) is 3.98. The fourth-order valence-electron chi connectivity index (χ4n) is 1.36. The van der Waals surface area contributed by atoms with Gasteiger partial charge in [-0.05, 0) is 0 Å². The van der Waals surface area contributed by atoms with Crippen molar-refractivity contribution in [3.8, 4) is 0 Å². The second-order valence-electron chi connectivity index (χ2n) is 3.07. The van der Waals surface area contributed by atoms with Crippen LogP contribution in [0, 0.1) is 5.92 Å². The van der Waals surface area contributed by atoms with E-state index in [0.717, 1.165) is 5.92 Å². The van der Waals surface area contributed by atoms with E-state index in [0.29, 0.717) is 0 Å². The predicted octanol–water partition coefficient (Wildman–Crippen LogP) is 3.43. The zero-order chi connectivity index (χ0) is 7.89. The zero-order valence-corrected chi connectivity index (χ0v) is 9.54. The van der Waals surface area contributed by atoms with Gasteiger partial charge in [-0.2, -0.15) is 0 Å². The van der Waals surface area contributed by atoms with E-state index in [-0.39, 0.29) is 7.43 Å². The summed E-state index contributed by atoms with van der Waals surface area (Å²) in [5.74, 6) is 0.734. The molecule has 61 valence electrons. The van der Waals surface area contributed by atoms with Crippen molar-refractivity contribution in [3.63, 3.8) is 0 Å². The number of hydrogen-bond donors (Lipinski definition) is 0. The van der Waals surface area contributed by atoms with E-state index in [1.807, 2.05) is 0 Å². The summed E-state index contributed by atoms with van der Waals surface area (Å²) in [6.07, 6.45) is 0. The molecular formula is C10H17Zr. The van der Waals surface area contributed by atoms with Crippen LogP contribution < -0.4 is 0 Å². The van der Waals surface area contributed by atoms with Crippen molar-refractivity contribution in [2.45, 2.75) is 35.1 Å². The fourth-order valence-corrected chi connectivity index (χ4v) is 2.36. The third kappa shape index (κ3) is 1.75. The van der Waals surface area contributed by atoms with Gasteiger partial charge in [-0.1, -0.05) is 7.43 Å². The third-order valence-electron chi connectivity index (χ3n) is 2.64. The van der Waals surface area contributed by atoms with E-state index < -0.39 is 0 Å². The van der Waals surface area contributed by atoms with Crippen LogP contribution in [0.3, 0.4) is 0 Å². The molecule has 0 N–H and O–H groups in total. The van der Waals surface area contributed by atoms with Crippen molar-refractivity contribution >= 4 is 0 Å². The summed E-state index contributed by atoms with van der Waals surface area (Å²) in [7, 11) is 0. The van der Waals surface area contributed by atoms with Crippen LogP contribution in [-0.2, 0) is 24.7 Å². The van der Waals surface area contributed by atoms with Gasteiger partial charge in [0, 0.05) is 0 Å². The molecule has 1 rings (SSSR count). The average molecular weight is 228 g/mol. The summed E-state index contributed by atoms with van der Waals surface area (Å²) >= 11 is 1.59. The van der Waals surface area contributed by atoms with Crippen molar-refractivity contribution in [2.75, 3.05) is 0 Å². The molecule has 0 amide bonds. The minimum atomic E-state index is 0. The van der Waals surface area contributed by atoms with Crippen molar-refractivity contribution in [1.82, 2.24) is 0 Å². The molecule has 0 saturated carbocycles. The van der Waals surface area contributed by atoms with Crippen molar-refractivity contribution in [3.05, 3.63) is 20.0 Å². The maximum absolute atomic E-state index is 2.30. The summed E-state index contributed by atoms with van der Waals surface area (Å²) in [5.41, 5.74) is 4.65. The Balaban J connectivity index is 0.000001000. The van der Waals surface area contributed by atoms with E-state index in [4.69, 9.17) is 0 Å². The molecule has 1 atom stereocenters. The summed E-state index contributed by atoms with van der Waals surface area (Å²) < 4.78 is 1.64. The minimum absolute atomic E-state index is 0. The first-order valence-corrected chi connectivity index (χ1v) is 4.88. The summed E-state index contributed by atoms with van der Waals surface area (Å²) in [6.45, 7) is 9.03. The molecule has 0 bridgehead atoms. The fraction of sp³-hybridized carbons (Fsp3) is 0.600. The van der Waals surface area contributed by atoms with Crippen LogP contribution in [0.25, 0.3) is 0 Å². The first-order valence-electron chi connectivity index (χ1n) is 3.65. The maximum atomic E-state index is 2.30. The second-order valence-corrected chi connectivity index (χ2v) is 4.39. The second kappa shape index (κ2) is 3.85. The molecule has 1 unspecified atom stereocenters. The van der Waals surface area contributed by atoms with Crippen LogP contribution in [0.4, 0.5) is 0 Å². The molecule has 0 spiro atoms. The first kappa shape index (κ1) is 11.4. The molecule has 0 aliphatic heterocycles. The SMILES string of the molecule is C.CC1=C(C)C(C)[C]([Zr])=C1C. The van der Waals surface area contributed by atoms with Gasteiger partial charge < -0.3 is 0 Å². The summed E-state index contributed by atoms with van der Waals surface area (Å²) in [5, 5.41) is 0. The van der Waals surface area contributed by atoms with Gasteiger partial charge in [0.25, 0.3) is 0 Å². The molecule has 0 aromatic heterocycles. The Morgan fingerprint density at radius 2 is 1.55 bits per heavy atom. The molecule has 11 heavy (non-hydrogen) atoms. The number of allylic oxidation sites excluding steroid dienone is 4. The molecule has 0 aromatic rings. The normalized spacial score (nSPS) is 24.1. The summed E-state index contributed by atoms with van der Waals surface area (Å²) in [6, 6.07) is 0. The Morgan fingerprint density at radius 1 is 1.09 bits per heavy atom. The number of rotatable bonds is 0. The zero-order valence-electron chi connectivity index (χ0n) is 7.08. The molecule has 0 heterocycles. The van der Waals surface area contributed by atoms with E-state index in [1.54, 1.807) is 39.1 Å². The molecule has 1 aliphatic rings. The van der Waals surface area contributed by atoms with Gasteiger partial charge in [0.05, 0.1) is 0 Å². The summed E-state index contributed by atoms with van der Waals surface area (Å²) in [4.78, 5) is 0. The van der Waals surface area contributed by atoms with Crippen LogP contribution in [0.15, 0.2) is 20.0 Å². The molecule has 0 radical (unpaired) electrons. The van der Waals surface area contributed by atoms with Crippen LogP contribution in [0.5, 0.6) is 0 Å². The van der Waals surface area contributed by atoms with Gasteiger partial charge >= 0.3 is 78.3 Å². The van der Waals surface area contributed by atoms with Crippen LogP contribution in [-0.4, -0.2) is 0 Å². The van der Waals surface area contributed by atoms with Crippen LogP contribution in [0.1, 0.15) is 35.1 Å². The molecule has 0 aromatic carbocycles. The number of hydrogen-bond acceptors (Lipinski definition) is 0. The monoisotopic (exact) mass is 227 g/mol. The van der Waals surface area contributed by atoms with Crippen LogP contribution in [0.2, 0.25) is 0 Å². The molecular weight excluding hydrogens is 211 g/mol. The van der Waals surface area contributed by atoms with Crippen molar-refractivity contribution in [1.29, 1.82) is 0 Å². The molecule has 0 nitrogen and oxygen atoms in total. The first-order chi connectivity index (χ1) is 4.55. The van der Waals surface area contributed by atoms with Gasteiger partial charge in [0.15, 0.2) is 0 Å². The van der Waals surface area contributed by atoms with E-state index in [2.05, 4.69) is 27.7 Å². The Hall–Kier alpha value is 0.363. The van der Waals surface area contributed by atoms with Crippen LogP contribution >= 0.6 is 0 Å². The van der Waals surface area contributed by atoms with E-state index in [9.17, 15) is 0 Å². The van der Waals surface area contributed by atoms with Gasteiger partial charge in [-0.15, -0.1) is 0 Å². The van der Waals surface area contributed by atoms with Gasteiger partial charge in [-0.3, -0.25) is 0 Å². The predicted molar refractivity (Wildman–Crippen MR) is 47.0 cm³/mol. The average Bonchev–Trinajstić information content (AvgIpc) is 2.07. The van der Waals surface area contributed by atoms with Gasteiger partial charge in [-0.25, -0.2) is 0 Å². The standard InChI is InChI=1S/C9H13.CH4.Zr/c1-6-5-7(2)9(4)8(6)3;;/h6H,1-4H3;1H4;. The molecule has 0 saturated heterocycles. The quantitative estimate of drug-likeness (QED) is 0.596. The van der Waals surface area contributed by atoms with E-state index >= 15 is 0 Å². The van der Waals surface area contributed by atoms with Gasteiger partial charge in [0.2, 0.25) is 0 Å². The molecule has 1 heteroatoms. The topological polar surface area (TPSA) is 0 Å². The van der Waals surface area contributed by atoms with Crippen molar-refractivity contribution in [2.24, 2.45) is 5.92 Å².